The number of urea groups is 1. The van der Waals surface area contributed by atoms with Gasteiger partial charge in [0.2, 0.25) is 0 Å². The summed E-state index contributed by atoms with van der Waals surface area (Å²) < 4.78 is 5.48. The lowest BCUT2D eigenvalue weighted by atomic mass is 9.81. The summed E-state index contributed by atoms with van der Waals surface area (Å²) in [6.07, 6.45) is 7.93. The van der Waals surface area contributed by atoms with Crippen molar-refractivity contribution in [2.24, 2.45) is 11.8 Å². The molecule has 25 heavy (non-hydrogen) atoms. The molecule has 1 saturated carbocycles. The van der Waals surface area contributed by atoms with Gasteiger partial charge in [0.05, 0.1) is 0 Å². The number of carbonyl (C=O) groups is 2. The third-order valence-electron chi connectivity index (χ3n) is 6.17. The monoisotopic (exact) mass is 351 g/mol. The molecule has 3 rings (SSSR count). The van der Waals surface area contributed by atoms with E-state index in [1.54, 1.807) is 0 Å². The highest BCUT2D eigenvalue weighted by molar-refractivity contribution is 5.81. The van der Waals surface area contributed by atoms with Crippen LogP contribution in [0, 0.1) is 11.8 Å². The van der Waals surface area contributed by atoms with Crippen molar-refractivity contribution < 1.29 is 14.3 Å². The van der Waals surface area contributed by atoms with Crippen LogP contribution in [-0.4, -0.2) is 67.2 Å². The lowest BCUT2D eigenvalue weighted by Gasteiger charge is -2.36. The average molecular weight is 351 g/mol. The minimum absolute atomic E-state index is 0.0295. The summed E-state index contributed by atoms with van der Waals surface area (Å²) in [5, 5.41) is 3.11. The van der Waals surface area contributed by atoms with E-state index < -0.39 is 0 Å². The molecule has 0 radical (unpaired) electrons. The SMILES string of the molecule is CCC1CCC(CNC(=O)N2CCN(C(=O)C3CCCO3)CC2)CC1. The van der Waals surface area contributed by atoms with Crippen LogP contribution in [0.3, 0.4) is 0 Å². The number of amides is 3. The molecule has 3 fully saturated rings. The average Bonchev–Trinajstić information content (AvgIpc) is 3.21. The van der Waals surface area contributed by atoms with E-state index in [4.69, 9.17) is 4.74 Å². The molecule has 0 aromatic heterocycles. The Morgan fingerprint density at radius 1 is 0.960 bits per heavy atom. The minimum Gasteiger partial charge on any atom is -0.368 e. The normalized spacial score (nSPS) is 30.4. The first-order valence-electron chi connectivity index (χ1n) is 10.1. The molecule has 142 valence electrons. The van der Waals surface area contributed by atoms with Gasteiger partial charge in [-0.05, 0) is 37.5 Å². The zero-order valence-electron chi connectivity index (χ0n) is 15.5. The van der Waals surface area contributed by atoms with E-state index in [0.717, 1.165) is 25.3 Å². The fourth-order valence-corrected chi connectivity index (χ4v) is 4.29. The number of rotatable bonds is 4. The molecule has 0 aromatic rings. The van der Waals surface area contributed by atoms with Gasteiger partial charge >= 0.3 is 6.03 Å². The van der Waals surface area contributed by atoms with E-state index >= 15 is 0 Å². The first-order chi connectivity index (χ1) is 12.2. The highest BCUT2D eigenvalue weighted by Gasteiger charge is 2.31. The van der Waals surface area contributed by atoms with Gasteiger partial charge in [0, 0.05) is 39.3 Å². The number of nitrogens with one attached hydrogen (secondary N) is 1. The lowest BCUT2D eigenvalue weighted by molar-refractivity contribution is -0.142. The summed E-state index contributed by atoms with van der Waals surface area (Å²) in [5.41, 5.74) is 0. The molecule has 1 N–H and O–H groups in total. The van der Waals surface area contributed by atoms with Gasteiger partial charge in [0.25, 0.3) is 5.91 Å². The molecule has 6 heteroatoms. The standard InChI is InChI=1S/C19H33N3O3/c1-2-15-5-7-16(8-6-15)14-20-19(24)22-11-9-21(10-12-22)18(23)17-4-3-13-25-17/h15-17H,2-14H2,1H3,(H,20,24). The second kappa shape index (κ2) is 8.88. The Balaban J connectivity index is 1.35. The molecule has 0 spiro atoms. The van der Waals surface area contributed by atoms with Gasteiger partial charge in [-0.2, -0.15) is 0 Å². The van der Waals surface area contributed by atoms with Crippen molar-refractivity contribution in [3.8, 4) is 0 Å². The Morgan fingerprint density at radius 3 is 2.20 bits per heavy atom. The molecule has 3 amide bonds. The van der Waals surface area contributed by atoms with Gasteiger partial charge in [0.15, 0.2) is 0 Å². The van der Waals surface area contributed by atoms with Gasteiger partial charge in [-0.1, -0.05) is 26.2 Å². The van der Waals surface area contributed by atoms with Gasteiger partial charge in [-0.25, -0.2) is 4.79 Å². The maximum Gasteiger partial charge on any atom is 0.317 e. The van der Waals surface area contributed by atoms with Gasteiger partial charge in [0.1, 0.15) is 6.10 Å². The molecule has 0 aromatic carbocycles. The summed E-state index contributed by atoms with van der Waals surface area (Å²) in [7, 11) is 0. The largest absolute Gasteiger partial charge is 0.368 e. The summed E-state index contributed by atoms with van der Waals surface area (Å²) in [6.45, 7) is 6.24. The van der Waals surface area contributed by atoms with Crippen LogP contribution in [0.2, 0.25) is 0 Å². The van der Waals surface area contributed by atoms with Crippen LogP contribution in [0.5, 0.6) is 0 Å². The van der Waals surface area contributed by atoms with Crippen LogP contribution >= 0.6 is 0 Å². The summed E-state index contributed by atoms with van der Waals surface area (Å²) >= 11 is 0. The molecular formula is C19H33N3O3. The first-order valence-corrected chi connectivity index (χ1v) is 10.1. The number of hydrogen-bond donors (Lipinski definition) is 1. The smallest absolute Gasteiger partial charge is 0.317 e. The highest BCUT2D eigenvalue weighted by atomic mass is 16.5. The van der Waals surface area contributed by atoms with Crippen LogP contribution in [0.25, 0.3) is 0 Å². The summed E-state index contributed by atoms with van der Waals surface area (Å²) in [4.78, 5) is 28.4. The molecule has 2 aliphatic heterocycles. The van der Waals surface area contributed by atoms with Crippen LogP contribution < -0.4 is 5.32 Å². The Morgan fingerprint density at radius 2 is 1.60 bits per heavy atom. The fourth-order valence-electron chi connectivity index (χ4n) is 4.29. The fraction of sp³-hybridized carbons (Fsp3) is 0.895. The second-order valence-electron chi connectivity index (χ2n) is 7.80. The number of ether oxygens (including phenoxy) is 1. The van der Waals surface area contributed by atoms with Crippen LogP contribution in [0.4, 0.5) is 4.79 Å². The molecule has 1 unspecified atom stereocenters. The molecule has 2 heterocycles. The first kappa shape index (κ1) is 18.5. The van der Waals surface area contributed by atoms with E-state index in [2.05, 4.69) is 12.2 Å². The molecular weight excluding hydrogens is 318 g/mol. The number of nitrogens with zero attached hydrogens (tertiary/aromatic N) is 2. The van der Waals surface area contributed by atoms with E-state index in [0.29, 0.717) is 38.7 Å². The van der Waals surface area contributed by atoms with Crippen LogP contribution in [-0.2, 0) is 9.53 Å². The molecule has 1 aliphatic carbocycles. The third kappa shape index (κ3) is 4.87. The molecule has 1 atom stereocenters. The topological polar surface area (TPSA) is 61.9 Å². The van der Waals surface area contributed by atoms with Crippen molar-refractivity contribution >= 4 is 11.9 Å². The summed E-state index contributed by atoms with van der Waals surface area (Å²) in [6, 6.07) is 0.0295. The van der Waals surface area contributed by atoms with Gasteiger partial charge in [-0.15, -0.1) is 0 Å². The third-order valence-corrected chi connectivity index (χ3v) is 6.17. The minimum atomic E-state index is -0.251. The second-order valence-corrected chi connectivity index (χ2v) is 7.80. The zero-order chi connectivity index (χ0) is 17.6. The van der Waals surface area contributed by atoms with Crippen molar-refractivity contribution in [1.82, 2.24) is 15.1 Å². The predicted octanol–water partition coefficient (Wildman–Crippen LogP) is 2.24. The number of piperazine rings is 1. The molecule has 0 bridgehead atoms. The summed E-state index contributed by atoms with van der Waals surface area (Å²) in [5.74, 6) is 1.63. The van der Waals surface area contributed by atoms with Gasteiger partial charge < -0.3 is 19.9 Å². The Kier molecular flexibility index (Phi) is 6.57. The van der Waals surface area contributed by atoms with E-state index in [-0.39, 0.29) is 18.0 Å². The van der Waals surface area contributed by atoms with Crippen molar-refractivity contribution in [3.05, 3.63) is 0 Å². The van der Waals surface area contributed by atoms with E-state index in [1.807, 2.05) is 9.80 Å². The van der Waals surface area contributed by atoms with Crippen LogP contribution in [0.15, 0.2) is 0 Å². The Hall–Kier alpha value is -1.30. The lowest BCUT2D eigenvalue weighted by Crippen LogP contribution is -2.55. The maximum absolute atomic E-state index is 12.4. The van der Waals surface area contributed by atoms with Crippen molar-refractivity contribution in [2.45, 2.75) is 58.0 Å². The number of carbonyl (C=O) groups excluding carboxylic acids is 2. The predicted molar refractivity (Wildman–Crippen MR) is 96.3 cm³/mol. The van der Waals surface area contributed by atoms with Crippen molar-refractivity contribution in [3.63, 3.8) is 0 Å². The Bertz CT molecular complexity index is 449. The Labute approximate surface area is 151 Å². The van der Waals surface area contributed by atoms with E-state index in [9.17, 15) is 9.59 Å². The zero-order valence-corrected chi connectivity index (χ0v) is 15.5. The highest BCUT2D eigenvalue weighted by Crippen LogP contribution is 2.30. The maximum atomic E-state index is 12.4. The quantitative estimate of drug-likeness (QED) is 0.845. The molecule has 2 saturated heterocycles. The molecule has 3 aliphatic rings. The number of hydrogen-bond acceptors (Lipinski definition) is 3. The van der Waals surface area contributed by atoms with E-state index in [1.165, 1.54) is 32.1 Å². The van der Waals surface area contributed by atoms with Crippen molar-refractivity contribution in [2.75, 3.05) is 39.3 Å². The van der Waals surface area contributed by atoms with Crippen molar-refractivity contribution in [1.29, 1.82) is 0 Å². The van der Waals surface area contributed by atoms with Gasteiger partial charge in [-0.3, -0.25) is 4.79 Å². The molecule has 6 nitrogen and oxygen atoms in total. The van der Waals surface area contributed by atoms with Crippen LogP contribution in [0.1, 0.15) is 51.9 Å².